The first-order valence-corrected chi connectivity index (χ1v) is 9.70. The second kappa shape index (κ2) is 8.00. The van der Waals surface area contributed by atoms with Crippen molar-refractivity contribution in [3.8, 4) is 5.75 Å². The van der Waals surface area contributed by atoms with Crippen LogP contribution in [0.3, 0.4) is 0 Å². The monoisotopic (exact) mass is 410 g/mol. The van der Waals surface area contributed by atoms with E-state index in [1.807, 2.05) is 0 Å². The summed E-state index contributed by atoms with van der Waals surface area (Å²) >= 11 is 0. The highest BCUT2D eigenvalue weighted by atomic mass is 32.2. The van der Waals surface area contributed by atoms with E-state index in [4.69, 9.17) is 4.52 Å². The van der Waals surface area contributed by atoms with Crippen LogP contribution in [0, 0.1) is 5.82 Å². The Morgan fingerprint density at radius 1 is 1.24 bits per heavy atom. The van der Waals surface area contributed by atoms with Crippen LogP contribution in [-0.4, -0.2) is 34.3 Å². The molecule has 25 heavy (non-hydrogen) atoms. The number of hydrogen-bond donors (Lipinski definition) is 0. The molecule has 0 saturated carbocycles. The normalized spacial score (nSPS) is 15.2. The van der Waals surface area contributed by atoms with Crippen LogP contribution in [-0.2, 0) is 27.9 Å². The molecule has 0 heterocycles. The first-order valence-electron chi connectivity index (χ1n) is 6.56. The summed E-state index contributed by atoms with van der Waals surface area (Å²) in [4.78, 5) is -1.49. The van der Waals surface area contributed by atoms with Gasteiger partial charge < -0.3 is 13.8 Å². The van der Waals surface area contributed by atoms with Crippen LogP contribution in [0.1, 0.15) is 13.8 Å². The fourth-order valence-corrected chi connectivity index (χ4v) is 4.32. The molecule has 0 amide bonds. The summed E-state index contributed by atoms with van der Waals surface area (Å²) in [5.41, 5.74) is 0. The average molecular weight is 410 g/mol. The molecule has 1 unspecified atom stereocenters. The molecule has 1 aromatic carbocycles. The molecule has 0 bridgehead atoms. The zero-order chi connectivity index (χ0) is 19.5. The van der Waals surface area contributed by atoms with Gasteiger partial charge in [0, 0.05) is 7.11 Å². The molecule has 0 radical (unpaired) electrons. The van der Waals surface area contributed by atoms with Gasteiger partial charge in [0.1, 0.15) is 5.82 Å². The lowest BCUT2D eigenvalue weighted by Crippen LogP contribution is -2.20. The molecule has 0 N–H and O–H groups in total. The first-order chi connectivity index (χ1) is 11.3. The summed E-state index contributed by atoms with van der Waals surface area (Å²) in [6, 6.07) is 2.00. The molecule has 7 nitrogen and oxygen atoms in total. The molecule has 13 heteroatoms. The zero-order valence-corrected chi connectivity index (χ0v) is 15.0. The van der Waals surface area contributed by atoms with Crippen molar-refractivity contribution in [2.45, 2.75) is 31.2 Å². The van der Waals surface area contributed by atoms with Crippen molar-refractivity contribution in [1.82, 2.24) is 0 Å². The van der Waals surface area contributed by atoms with E-state index in [-0.39, 0.29) is 0 Å². The molecule has 0 aromatic heterocycles. The second-order valence-electron chi connectivity index (χ2n) is 4.76. The Hall–Kier alpha value is -1.20. The molecule has 0 aliphatic heterocycles. The van der Waals surface area contributed by atoms with Gasteiger partial charge in [-0.2, -0.15) is 8.42 Å². The SMILES string of the molecule is COP(=O)(COS(=O)(=O)c1c(F)cccc1OC(F)(F)F)OC(C)C. The average Bonchev–Trinajstić information content (AvgIpc) is 2.42. The lowest BCUT2D eigenvalue weighted by atomic mass is 10.3. The predicted octanol–water partition coefficient (Wildman–Crippen LogP) is 3.65. The van der Waals surface area contributed by atoms with E-state index in [0.29, 0.717) is 12.1 Å². The van der Waals surface area contributed by atoms with E-state index in [2.05, 4.69) is 13.4 Å². The molecule has 144 valence electrons. The van der Waals surface area contributed by atoms with Gasteiger partial charge >= 0.3 is 24.1 Å². The van der Waals surface area contributed by atoms with Crippen molar-refractivity contribution < 1.29 is 48.5 Å². The van der Waals surface area contributed by atoms with Crippen molar-refractivity contribution >= 4 is 17.7 Å². The fraction of sp³-hybridized carbons (Fsp3) is 0.500. The summed E-state index contributed by atoms with van der Waals surface area (Å²) in [6.45, 7) is 2.96. The molecule has 0 saturated heterocycles. The minimum Gasteiger partial charge on any atom is -0.404 e. The number of hydrogen-bond acceptors (Lipinski definition) is 7. The highest BCUT2D eigenvalue weighted by Crippen LogP contribution is 2.49. The zero-order valence-electron chi connectivity index (χ0n) is 13.2. The molecule has 0 aliphatic rings. The Balaban J connectivity index is 3.16. The number of halogens is 4. The van der Waals surface area contributed by atoms with E-state index < -0.39 is 53.0 Å². The minimum absolute atomic E-state index is 0.591. The molecule has 0 aliphatic carbocycles. The van der Waals surface area contributed by atoms with Crippen molar-refractivity contribution in [1.29, 1.82) is 0 Å². The van der Waals surface area contributed by atoms with Gasteiger partial charge in [-0.05, 0) is 26.0 Å². The van der Waals surface area contributed by atoms with Crippen molar-refractivity contribution in [2.24, 2.45) is 0 Å². The quantitative estimate of drug-likeness (QED) is 0.367. The third-order valence-electron chi connectivity index (χ3n) is 2.42. The summed E-state index contributed by atoms with van der Waals surface area (Å²) in [5.74, 6) is -2.87. The second-order valence-corrected chi connectivity index (χ2v) is 8.37. The van der Waals surface area contributed by atoms with Crippen LogP contribution in [0.2, 0.25) is 0 Å². The number of alkyl halides is 3. The van der Waals surface area contributed by atoms with Crippen molar-refractivity contribution in [3.63, 3.8) is 0 Å². The maximum Gasteiger partial charge on any atom is 0.573 e. The van der Waals surface area contributed by atoms with Gasteiger partial charge in [-0.1, -0.05) is 6.07 Å². The van der Waals surface area contributed by atoms with E-state index in [0.717, 1.165) is 13.2 Å². The fourth-order valence-electron chi connectivity index (χ4n) is 1.58. The van der Waals surface area contributed by atoms with Gasteiger partial charge in [-0.25, -0.2) is 4.39 Å². The smallest absolute Gasteiger partial charge is 0.404 e. The van der Waals surface area contributed by atoms with Crippen LogP contribution in [0.5, 0.6) is 5.75 Å². The lowest BCUT2D eigenvalue weighted by Gasteiger charge is -2.19. The summed E-state index contributed by atoms with van der Waals surface area (Å²) in [6.07, 6.45) is -7.06. The first kappa shape index (κ1) is 21.8. The van der Waals surface area contributed by atoms with E-state index in [9.17, 15) is 30.5 Å². The van der Waals surface area contributed by atoms with Crippen LogP contribution in [0.15, 0.2) is 23.1 Å². The summed E-state index contributed by atoms with van der Waals surface area (Å²) in [7, 11) is -8.18. The molecule has 0 spiro atoms. The van der Waals surface area contributed by atoms with Gasteiger partial charge in [0.15, 0.2) is 17.0 Å². The number of rotatable bonds is 8. The van der Waals surface area contributed by atoms with Crippen LogP contribution in [0.4, 0.5) is 17.6 Å². The predicted molar refractivity (Wildman–Crippen MR) is 77.1 cm³/mol. The lowest BCUT2D eigenvalue weighted by molar-refractivity contribution is -0.275. The Labute approximate surface area is 141 Å². The third kappa shape index (κ3) is 6.55. The van der Waals surface area contributed by atoms with Gasteiger partial charge in [-0.3, -0.25) is 8.75 Å². The Kier molecular flexibility index (Phi) is 6.99. The summed E-state index contributed by atoms with van der Waals surface area (Å²) < 4.78 is 104. The van der Waals surface area contributed by atoms with Crippen LogP contribution < -0.4 is 4.74 Å². The number of benzene rings is 1. The van der Waals surface area contributed by atoms with Crippen LogP contribution >= 0.6 is 7.60 Å². The van der Waals surface area contributed by atoms with Crippen LogP contribution in [0.25, 0.3) is 0 Å². The van der Waals surface area contributed by atoms with E-state index in [1.54, 1.807) is 0 Å². The largest absolute Gasteiger partial charge is 0.573 e. The number of ether oxygens (including phenoxy) is 1. The molecule has 1 aromatic rings. The Morgan fingerprint density at radius 3 is 2.32 bits per heavy atom. The molecular formula is C12H15F4O7PS. The van der Waals surface area contributed by atoms with Gasteiger partial charge in [-0.15, -0.1) is 13.2 Å². The van der Waals surface area contributed by atoms with Gasteiger partial charge in [0.05, 0.1) is 6.10 Å². The van der Waals surface area contributed by atoms with E-state index >= 15 is 0 Å². The third-order valence-corrected chi connectivity index (χ3v) is 5.67. The van der Waals surface area contributed by atoms with E-state index in [1.165, 1.54) is 13.8 Å². The standard InChI is InChI=1S/C12H15F4O7PS/c1-8(2)23-24(17,20-3)7-21-25(18,19)11-9(13)5-4-6-10(11)22-12(14,15)16/h4-6,8H,7H2,1-3H3. The Bertz CT molecular complexity index is 748. The molecule has 1 atom stereocenters. The van der Waals surface area contributed by atoms with Crippen molar-refractivity contribution in [2.75, 3.05) is 13.5 Å². The topological polar surface area (TPSA) is 88.1 Å². The highest BCUT2D eigenvalue weighted by molar-refractivity contribution is 7.87. The Morgan fingerprint density at radius 2 is 1.84 bits per heavy atom. The van der Waals surface area contributed by atoms with Gasteiger partial charge in [0.2, 0.25) is 0 Å². The maximum absolute atomic E-state index is 13.8. The highest BCUT2D eigenvalue weighted by Gasteiger charge is 2.37. The molecular weight excluding hydrogens is 395 g/mol. The minimum atomic E-state index is -5.26. The van der Waals surface area contributed by atoms with Gasteiger partial charge in [0.25, 0.3) is 0 Å². The summed E-state index contributed by atoms with van der Waals surface area (Å²) in [5, 5.41) is 0. The van der Waals surface area contributed by atoms with Crippen molar-refractivity contribution in [3.05, 3.63) is 24.0 Å². The maximum atomic E-state index is 13.8. The molecule has 0 fully saturated rings. The molecule has 1 rings (SSSR count).